The molecule has 0 N–H and O–H groups in total. The first-order valence-electron chi connectivity index (χ1n) is 10.5. The van der Waals surface area contributed by atoms with E-state index in [0.29, 0.717) is 24.4 Å². The Labute approximate surface area is 183 Å². The van der Waals surface area contributed by atoms with Crippen LogP contribution in [0.25, 0.3) is 22.2 Å². The normalized spacial score (nSPS) is 11.3. The van der Waals surface area contributed by atoms with Crippen molar-refractivity contribution in [3.8, 4) is 23.1 Å². The van der Waals surface area contributed by atoms with E-state index >= 15 is 0 Å². The molecule has 2 aromatic carbocycles. The summed E-state index contributed by atoms with van der Waals surface area (Å²) in [5.41, 5.74) is 3.45. The topological polar surface area (TPSA) is 67.5 Å². The van der Waals surface area contributed by atoms with E-state index < -0.39 is 11.7 Å². The number of carbonyl (C=O) groups excluding carboxylic acids is 1. The van der Waals surface area contributed by atoms with Gasteiger partial charge in [-0.05, 0) is 82.6 Å². The van der Waals surface area contributed by atoms with Crippen molar-refractivity contribution in [1.29, 1.82) is 5.26 Å². The zero-order valence-corrected chi connectivity index (χ0v) is 19.0. The molecule has 0 radical (unpaired) electrons. The minimum Gasteiger partial charge on any atom is -0.494 e. The van der Waals surface area contributed by atoms with Gasteiger partial charge in [-0.2, -0.15) is 5.26 Å². The highest BCUT2D eigenvalue weighted by Crippen LogP contribution is 2.36. The lowest BCUT2D eigenvalue weighted by atomic mass is 10.1. The van der Waals surface area contributed by atoms with Gasteiger partial charge in [-0.1, -0.05) is 0 Å². The number of rotatable bonds is 5. The van der Waals surface area contributed by atoms with Gasteiger partial charge in [0.1, 0.15) is 17.4 Å². The van der Waals surface area contributed by atoms with Gasteiger partial charge >= 0.3 is 6.09 Å². The standard InChI is InChI=1S/C25H29N3O3/c1-7-28-22-15-18(27(6)24(29)31-25(3,4)5)11-14-20(22)21(16-26)23(28)17-9-12-19(13-10-17)30-8-2/h9-15H,7-8H2,1-6H3. The molecule has 0 aliphatic carbocycles. The number of carbonyl (C=O) groups is 1. The predicted molar refractivity (Wildman–Crippen MR) is 124 cm³/mol. The zero-order valence-electron chi connectivity index (χ0n) is 19.0. The van der Waals surface area contributed by atoms with Gasteiger partial charge in [0.25, 0.3) is 0 Å². The van der Waals surface area contributed by atoms with Gasteiger partial charge in [-0.15, -0.1) is 0 Å². The molecule has 0 unspecified atom stereocenters. The van der Waals surface area contributed by atoms with E-state index in [-0.39, 0.29) is 0 Å². The maximum absolute atomic E-state index is 12.5. The molecule has 0 fully saturated rings. The Morgan fingerprint density at radius 2 is 1.81 bits per heavy atom. The van der Waals surface area contributed by atoms with Crippen molar-refractivity contribution >= 4 is 22.7 Å². The van der Waals surface area contributed by atoms with Crippen LogP contribution in [0.5, 0.6) is 5.75 Å². The Balaban J connectivity index is 2.11. The highest BCUT2D eigenvalue weighted by molar-refractivity contribution is 5.98. The molecule has 0 spiro atoms. The third kappa shape index (κ3) is 4.51. The molecule has 1 heterocycles. The molecule has 0 saturated carbocycles. The maximum atomic E-state index is 12.5. The van der Waals surface area contributed by atoms with Crippen LogP contribution in [0.4, 0.5) is 10.5 Å². The lowest BCUT2D eigenvalue weighted by Crippen LogP contribution is -2.34. The number of amides is 1. The van der Waals surface area contributed by atoms with E-state index in [9.17, 15) is 10.1 Å². The van der Waals surface area contributed by atoms with E-state index in [4.69, 9.17) is 9.47 Å². The van der Waals surface area contributed by atoms with Crippen LogP contribution in [0.15, 0.2) is 42.5 Å². The quantitative estimate of drug-likeness (QED) is 0.511. The third-order valence-electron chi connectivity index (χ3n) is 4.97. The number of nitrogens with zero attached hydrogens (tertiary/aromatic N) is 3. The first kappa shape index (κ1) is 22.2. The van der Waals surface area contributed by atoms with E-state index in [1.54, 1.807) is 7.05 Å². The molecule has 3 rings (SSSR count). The fourth-order valence-electron chi connectivity index (χ4n) is 3.60. The van der Waals surface area contributed by atoms with Crippen molar-refractivity contribution in [3.05, 3.63) is 48.0 Å². The Kier molecular flexibility index (Phi) is 6.26. The lowest BCUT2D eigenvalue weighted by Gasteiger charge is -2.24. The Morgan fingerprint density at radius 3 is 2.35 bits per heavy atom. The molecule has 0 aliphatic heterocycles. The van der Waals surface area contributed by atoms with E-state index in [1.165, 1.54) is 4.90 Å². The molecule has 0 aliphatic rings. The third-order valence-corrected chi connectivity index (χ3v) is 4.97. The van der Waals surface area contributed by atoms with Crippen molar-refractivity contribution < 1.29 is 14.3 Å². The molecule has 6 heteroatoms. The minimum absolute atomic E-state index is 0.423. The van der Waals surface area contributed by atoms with Crippen molar-refractivity contribution in [1.82, 2.24) is 4.57 Å². The number of hydrogen-bond donors (Lipinski definition) is 0. The molecule has 0 bridgehead atoms. The second kappa shape index (κ2) is 8.73. The average Bonchev–Trinajstić information content (AvgIpc) is 3.05. The number of ether oxygens (including phenoxy) is 2. The summed E-state index contributed by atoms with van der Waals surface area (Å²) in [6, 6.07) is 15.8. The van der Waals surface area contributed by atoms with Gasteiger partial charge in [-0.25, -0.2) is 4.79 Å². The predicted octanol–water partition coefficient (Wildman–Crippen LogP) is 5.97. The summed E-state index contributed by atoms with van der Waals surface area (Å²) in [6.45, 7) is 10.8. The largest absolute Gasteiger partial charge is 0.494 e. The summed E-state index contributed by atoms with van der Waals surface area (Å²) < 4.78 is 13.1. The van der Waals surface area contributed by atoms with Crippen LogP contribution in [0.2, 0.25) is 0 Å². The first-order chi connectivity index (χ1) is 14.7. The second-order valence-electron chi connectivity index (χ2n) is 8.28. The first-order valence-corrected chi connectivity index (χ1v) is 10.5. The van der Waals surface area contributed by atoms with Crippen molar-refractivity contribution in [2.24, 2.45) is 0 Å². The Morgan fingerprint density at radius 1 is 1.13 bits per heavy atom. The van der Waals surface area contributed by atoms with Crippen molar-refractivity contribution in [2.45, 2.75) is 46.8 Å². The Hall–Kier alpha value is -3.46. The number of hydrogen-bond acceptors (Lipinski definition) is 4. The number of aromatic nitrogens is 1. The van der Waals surface area contributed by atoms with Crippen LogP contribution in [0, 0.1) is 11.3 Å². The summed E-state index contributed by atoms with van der Waals surface area (Å²) in [5.74, 6) is 0.796. The SMILES string of the molecule is CCOc1ccc(-c2c(C#N)c3ccc(N(C)C(=O)OC(C)(C)C)cc3n2CC)cc1. The fraction of sp³-hybridized carbons (Fsp3) is 0.360. The van der Waals surface area contributed by atoms with Crippen LogP contribution in [0.3, 0.4) is 0 Å². The molecule has 0 saturated heterocycles. The fourth-order valence-corrected chi connectivity index (χ4v) is 3.60. The molecule has 6 nitrogen and oxygen atoms in total. The molecular formula is C25H29N3O3. The molecule has 1 aromatic heterocycles. The molecular weight excluding hydrogens is 390 g/mol. The average molecular weight is 420 g/mol. The number of anilines is 1. The molecule has 31 heavy (non-hydrogen) atoms. The van der Waals surface area contributed by atoms with Gasteiger partial charge in [-0.3, -0.25) is 4.90 Å². The minimum atomic E-state index is -0.576. The van der Waals surface area contributed by atoms with Crippen molar-refractivity contribution in [3.63, 3.8) is 0 Å². The number of aryl methyl sites for hydroxylation is 1. The van der Waals surface area contributed by atoms with Crippen molar-refractivity contribution in [2.75, 3.05) is 18.6 Å². The lowest BCUT2D eigenvalue weighted by molar-refractivity contribution is 0.0589. The molecule has 1 amide bonds. The van der Waals surface area contributed by atoms with Crippen LogP contribution in [-0.4, -0.2) is 29.9 Å². The molecule has 162 valence electrons. The van der Waals surface area contributed by atoms with Gasteiger partial charge < -0.3 is 14.0 Å². The van der Waals surface area contributed by atoms with E-state index in [0.717, 1.165) is 27.9 Å². The highest BCUT2D eigenvalue weighted by Gasteiger charge is 2.23. The molecule has 3 aromatic rings. The summed E-state index contributed by atoms with van der Waals surface area (Å²) >= 11 is 0. The maximum Gasteiger partial charge on any atom is 0.414 e. The zero-order chi connectivity index (χ0) is 22.8. The highest BCUT2D eigenvalue weighted by atomic mass is 16.6. The summed E-state index contributed by atoms with van der Waals surface area (Å²) in [7, 11) is 1.69. The van der Waals surface area contributed by atoms with Crippen LogP contribution >= 0.6 is 0 Å². The van der Waals surface area contributed by atoms with E-state index in [2.05, 4.69) is 10.6 Å². The van der Waals surface area contributed by atoms with Crippen LogP contribution in [-0.2, 0) is 11.3 Å². The monoisotopic (exact) mass is 419 g/mol. The number of fused-ring (bicyclic) bond motifs is 1. The molecule has 0 atom stereocenters. The van der Waals surface area contributed by atoms with Gasteiger partial charge in [0.15, 0.2) is 0 Å². The van der Waals surface area contributed by atoms with Crippen LogP contribution in [0.1, 0.15) is 40.2 Å². The van der Waals surface area contributed by atoms with Crippen LogP contribution < -0.4 is 9.64 Å². The smallest absolute Gasteiger partial charge is 0.414 e. The van der Waals surface area contributed by atoms with Gasteiger partial charge in [0.2, 0.25) is 0 Å². The number of benzene rings is 2. The van der Waals surface area contributed by atoms with Gasteiger partial charge in [0.05, 0.1) is 23.4 Å². The number of nitriles is 1. The summed E-state index contributed by atoms with van der Waals surface area (Å²) in [6.07, 6.45) is -0.423. The Bertz CT molecular complexity index is 1130. The summed E-state index contributed by atoms with van der Waals surface area (Å²) in [5, 5.41) is 10.8. The van der Waals surface area contributed by atoms with Gasteiger partial charge in [0, 0.05) is 24.7 Å². The van der Waals surface area contributed by atoms with E-state index in [1.807, 2.05) is 77.1 Å². The second-order valence-corrected chi connectivity index (χ2v) is 8.28. The summed E-state index contributed by atoms with van der Waals surface area (Å²) in [4.78, 5) is 14.0.